The van der Waals surface area contributed by atoms with E-state index in [1.165, 1.54) is 5.56 Å². The molecule has 1 amide bonds. The van der Waals surface area contributed by atoms with E-state index in [0.29, 0.717) is 29.4 Å². The van der Waals surface area contributed by atoms with Gasteiger partial charge in [-0.2, -0.15) is 0 Å². The Balaban J connectivity index is 1.84. The lowest BCUT2D eigenvalue weighted by Gasteiger charge is -2.20. The quantitative estimate of drug-likeness (QED) is 0.778. The molecule has 2 aromatic rings. The lowest BCUT2D eigenvalue weighted by molar-refractivity contribution is -0.116. The van der Waals surface area contributed by atoms with Crippen molar-refractivity contribution < 1.29 is 9.53 Å². The van der Waals surface area contributed by atoms with E-state index < -0.39 is 0 Å². The van der Waals surface area contributed by atoms with Gasteiger partial charge in [0.25, 0.3) is 0 Å². The molecule has 2 aromatic carbocycles. The van der Waals surface area contributed by atoms with Crippen LogP contribution in [0, 0.1) is 0 Å². The lowest BCUT2D eigenvalue weighted by Crippen LogP contribution is -2.27. The highest BCUT2D eigenvalue weighted by Gasteiger charge is 2.09. The molecule has 0 saturated heterocycles. The summed E-state index contributed by atoms with van der Waals surface area (Å²) < 4.78 is 5.10. The van der Waals surface area contributed by atoms with E-state index in [1.807, 2.05) is 18.2 Å². The average molecular weight is 347 g/mol. The van der Waals surface area contributed by atoms with Crippen LogP contribution in [0.15, 0.2) is 48.5 Å². The SMILES string of the molecule is CCN(CCC(=O)Nc1ccc(OC)c(Cl)c1)Cc1ccccc1. The second kappa shape index (κ2) is 9.30. The topological polar surface area (TPSA) is 41.6 Å². The molecule has 0 aliphatic carbocycles. The third kappa shape index (κ3) is 5.55. The number of methoxy groups -OCH3 is 1. The highest BCUT2D eigenvalue weighted by atomic mass is 35.5. The molecule has 0 bridgehead atoms. The van der Waals surface area contributed by atoms with Gasteiger partial charge < -0.3 is 10.1 Å². The van der Waals surface area contributed by atoms with Crippen molar-refractivity contribution in [3.05, 3.63) is 59.1 Å². The fourth-order valence-electron chi connectivity index (χ4n) is 2.42. The van der Waals surface area contributed by atoms with Crippen molar-refractivity contribution in [3.8, 4) is 5.75 Å². The maximum Gasteiger partial charge on any atom is 0.225 e. The van der Waals surface area contributed by atoms with Crippen LogP contribution in [0.2, 0.25) is 5.02 Å². The number of rotatable bonds is 8. The zero-order valence-corrected chi connectivity index (χ0v) is 14.8. The number of anilines is 1. The van der Waals surface area contributed by atoms with Gasteiger partial charge in [0.05, 0.1) is 12.1 Å². The molecule has 0 heterocycles. The number of ether oxygens (including phenoxy) is 1. The van der Waals surface area contributed by atoms with Crippen molar-refractivity contribution in [3.63, 3.8) is 0 Å². The number of amides is 1. The van der Waals surface area contributed by atoms with Gasteiger partial charge in [-0.1, -0.05) is 48.9 Å². The monoisotopic (exact) mass is 346 g/mol. The molecule has 0 radical (unpaired) electrons. The first-order valence-corrected chi connectivity index (χ1v) is 8.40. The van der Waals surface area contributed by atoms with Crippen molar-refractivity contribution in [2.75, 3.05) is 25.5 Å². The zero-order valence-electron chi connectivity index (χ0n) is 14.1. The van der Waals surface area contributed by atoms with Crippen LogP contribution in [-0.2, 0) is 11.3 Å². The second-order valence-electron chi connectivity index (χ2n) is 5.50. The summed E-state index contributed by atoms with van der Waals surface area (Å²) in [5.41, 5.74) is 1.93. The van der Waals surface area contributed by atoms with E-state index in [2.05, 4.69) is 29.3 Å². The minimum atomic E-state index is -0.0252. The number of halogens is 1. The third-order valence-electron chi connectivity index (χ3n) is 3.79. The predicted octanol–water partition coefficient (Wildman–Crippen LogP) is 4.20. The Morgan fingerprint density at radius 3 is 2.58 bits per heavy atom. The number of nitrogens with zero attached hydrogens (tertiary/aromatic N) is 1. The van der Waals surface area contributed by atoms with Gasteiger partial charge in [-0.05, 0) is 30.3 Å². The molecule has 0 aliphatic heterocycles. The molecule has 0 atom stereocenters. The molecule has 0 aromatic heterocycles. The van der Waals surface area contributed by atoms with Crippen LogP contribution >= 0.6 is 11.6 Å². The number of hydrogen-bond acceptors (Lipinski definition) is 3. The van der Waals surface area contributed by atoms with Gasteiger partial charge in [-0.3, -0.25) is 9.69 Å². The van der Waals surface area contributed by atoms with Gasteiger partial charge in [-0.25, -0.2) is 0 Å². The van der Waals surface area contributed by atoms with E-state index in [9.17, 15) is 4.79 Å². The number of carbonyl (C=O) groups excluding carboxylic acids is 1. The summed E-state index contributed by atoms with van der Waals surface area (Å²) >= 11 is 6.07. The van der Waals surface area contributed by atoms with Crippen LogP contribution in [-0.4, -0.2) is 31.0 Å². The van der Waals surface area contributed by atoms with Crippen LogP contribution in [0.4, 0.5) is 5.69 Å². The molecule has 0 aliphatic rings. The summed E-state index contributed by atoms with van der Waals surface area (Å²) in [5, 5.41) is 3.35. The van der Waals surface area contributed by atoms with E-state index in [1.54, 1.807) is 25.3 Å². The van der Waals surface area contributed by atoms with E-state index in [0.717, 1.165) is 13.1 Å². The molecule has 4 nitrogen and oxygen atoms in total. The van der Waals surface area contributed by atoms with Crippen LogP contribution < -0.4 is 10.1 Å². The summed E-state index contributed by atoms with van der Waals surface area (Å²) in [5.74, 6) is 0.567. The second-order valence-corrected chi connectivity index (χ2v) is 5.91. The molecule has 24 heavy (non-hydrogen) atoms. The fourth-order valence-corrected chi connectivity index (χ4v) is 2.68. The van der Waals surface area contributed by atoms with Crippen molar-refractivity contribution >= 4 is 23.2 Å². The molecular formula is C19H23ClN2O2. The van der Waals surface area contributed by atoms with Crippen LogP contribution in [0.3, 0.4) is 0 Å². The first kappa shape index (κ1) is 18.3. The molecule has 0 spiro atoms. The summed E-state index contributed by atoms with van der Waals surface area (Å²) in [6.45, 7) is 4.56. The average Bonchev–Trinajstić information content (AvgIpc) is 2.59. The Labute approximate surface area is 148 Å². The first-order valence-electron chi connectivity index (χ1n) is 8.02. The summed E-state index contributed by atoms with van der Waals surface area (Å²) in [7, 11) is 1.56. The minimum Gasteiger partial charge on any atom is -0.495 e. The van der Waals surface area contributed by atoms with Crippen LogP contribution in [0.25, 0.3) is 0 Å². The van der Waals surface area contributed by atoms with Gasteiger partial charge in [-0.15, -0.1) is 0 Å². The normalized spacial score (nSPS) is 10.7. The highest BCUT2D eigenvalue weighted by molar-refractivity contribution is 6.32. The largest absolute Gasteiger partial charge is 0.495 e. The molecule has 1 N–H and O–H groups in total. The molecule has 0 unspecified atom stereocenters. The smallest absolute Gasteiger partial charge is 0.225 e. The Morgan fingerprint density at radius 2 is 1.96 bits per heavy atom. The molecule has 5 heteroatoms. The van der Waals surface area contributed by atoms with Gasteiger partial charge in [0.2, 0.25) is 5.91 Å². The van der Waals surface area contributed by atoms with Crippen LogP contribution in [0.1, 0.15) is 18.9 Å². The number of nitrogens with one attached hydrogen (secondary N) is 1. The van der Waals surface area contributed by atoms with Crippen molar-refractivity contribution in [1.82, 2.24) is 4.90 Å². The summed E-state index contributed by atoms with van der Waals surface area (Å²) in [4.78, 5) is 14.4. The maximum absolute atomic E-state index is 12.1. The Hall–Kier alpha value is -2.04. The van der Waals surface area contributed by atoms with Crippen molar-refractivity contribution in [2.24, 2.45) is 0 Å². The van der Waals surface area contributed by atoms with Gasteiger partial charge in [0, 0.05) is 25.2 Å². The standard InChI is InChI=1S/C19H23ClN2O2/c1-3-22(14-15-7-5-4-6-8-15)12-11-19(23)21-16-9-10-18(24-2)17(20)13-16/h4-10,13H,3,11-12,14H2,1-2H3,(H,21,23). The van der Waals surface area contributed by atoms with E-state index in [-0.39, 0.29) is 5.91 Å². The summed E-state index contributed by atoms with van der Waals surface area (Å²) in [6.07, 6.45) is 0.435. The molecule has 0 fully saturated rings. The Kier molecular flexibility index (Phi) is 7.09. The minimum absolute atomic E-state index is 0.0252. The Morgan fingerprint density at radius 1 is 1.21 bits per heavy atom. The fraction of sp³-hybridized carbons (Fsp3) is 0.316. The number of carbonyl (C=O) groups is 1. The van der Waals surface area contributed by atoms with Gasteiger partial charge in [0.15, 0.2) is 0 Å². The predicted molar refractivity (Wildman–Crippen MR) is 98.6 cm³/mol. The highest BCUT2D eigenvalue weighted by Crippen LogP contribution is 2.27. The zero-order chi connectivity index (χ0) is 17.4. The van der Waals surface area contributed by atoms with Crippen molar-refractivity contribution in [2.45, 2.75) is 19.9 Å². The lowest BCUT2D eigenvalue weighted by atomic mass is 10.2. The van der Waals surface area contributed by atoms with E-state index >= 15 is 0 Å². The maximum atomic E-state index is 12.1. The molecule has 2 rings (SSSR count). The molecular weight excluding hydrogens is 324 g/mol. The number of hydrogen-bond donors (Lipinski definition) is 1. The van der Waals surface area contributed by atoms with E-state index in [4.69, 9.17) is 16.3 Å². The number of benzene rings is 2. The van der Waals surface area contributed by atoms with Gasteiger partial charge in [0.1, 0.15) is 5.75 Å². The van der Waals surface area contributed by atoms with Gasteiger partial charge >= 0.3 is 0 Å². The third-order valence-corrected chi connectivity index (χ3v) is 4.08. The van der Waals surface area contributed by atoms with Crippen molar-refractivity contribution in [1.29, 1.82) is 0 Å². The molecule has 0 saturated carbocycles. The first-order chi connectivity index (χ1) is 11.6. The Bertz CT molecular complexity index is 662. The van der Waals surface area contributed by atoms with Crippen LogP contribution in [0.5, 0.6) is 5.75 Å². The summed E-state index contributed by atoms with van der Waals surface area (Å²) in [6, 6.07) is 15.5. The molecule has 128 valence electrons.